The second-order valence-corrected chi connectivity index (χ2v) is 7.08. The molecule has 0 radical (unpaired) electrons. The number of carbonyl (C=O) groups excluding carboxylic acids is 1. The third-order valence-electron chi connectivity index (χ3n) is 4.18. The van der Waals surface area contributed by atoms with Crippen LogP contribution in [0.1, 0.15) is 10.4 Å². The number of anilines is 3. The molecule has 132 valence electrons. The first kappa shape index (κ1) is 17.8. The van der Waals surface area contributed by atoms with Gasteiger partial charge in [-0.2, -0.15) is 0 Å². The minimum Gasteiger partial charge on any atom is -0.378 e. The van der Waals surface area contributed by atoms with Crippen molar-refractivity contribution in [1.29, 1.82) is 0 Å². The second kappa shape index (κ2) is 7.89. The average molecular weight is 404 g/mol. The molecule has 0 aliphatic carbocycles. The Bertz CT molecular complexity index is 758. The van der Waals surface area contributed by atoms with Crippen LogP contribution < -0.4 is 15.1 Å². The highest BCUT2D eigenvalue weighted by Gasteiger charge is 2.17. The molecular weight excluding hydrogens is 382 g/mol. The van der Waals surface area contributed by atoms with Crippen molar-refractivity contribution in [2.75, 3.05) is 55.5 Å². The first-order chi connectivity index (χ1) is 12.0. The van der Waals surface area contributed by atoms with Crippen LogP contribution >= 0.6 is 15.9 Å². The third kappa shape index (κ3) is 4.32. The first-order valence-electron chi connectivity index (χ1n) is 8.25. The summed E-state index contributed by atoms with van der Waals surface area (Å²) in [5.74, 6) is -0.115. The van der Waals surface area contributed by atoms with E-state index in [1.54, 1.807) is 0 Å². The predicted octanol–water partition coefficient (Wildman–Crippen LogP) is 3.60. The molecule has 0 aromatic heterocycles. The topological polar surface area (TPSA) is 44.8 Å². The van der Waals surface area contributed by atoms with Gasteiger partial charge in [-0.25, -0.2) is 0 Å². The van der Waals surface area contributed by atoms with Crippen molar-refractivity contribution in [3.8, 4) is 0 Å². The summed E-state index contributed by atoms with van der Waals surface area (Å²) in [6.07, 6.45) is 0. The maximum atomic E-state index is 12.7. The Kier molecular flexibility index (Phi) is 5.60. The maximum Gasteiger partial charge on any atom is 0.255 e. The number of nitrogens with one attached hydrogen (secondary N) is 1. The van der Waals surface area contributed by atoms with Gasteiger partial charge < -0.3 is 19.9 Å². The number of hydrogen-bond donors (Lipinski definition) is 1. The third-order valence-corrected chi connectivity index (χ3v) is 4.68. The summed E-state index contributed by atoms with van der Waals surface area (Å²) < 4.78 is 6.36. The fraction of sp³-hybridized carbons (Fsp3) is 0.316. The van der Waals surface area contributed by atoms with Crippen LogP contribution in [-0.4, -0.2) is 46.3 Å². The molecule has 6 heteroatoms. The highest BCUT2D eigenvalue weighted by atomic mass is 79.9. The zero-order valence-electron chi connectivity index (χ0n) is 14.5. The van der Waals surface area contributed by atoms with Crippen molar-refractivity contribution in [3.63, 3.8) is 0 Å². The normalized spacial score (nSPS) is 14.3. The monoisotopic (exact) mass is 403 g/mol. The summed E-state index contributed by atoms with van der Waals surface area (Å²) in [5.41, 5.74) is 3.45. The fourth-order valence-corrected chi connectivity index (χ4v) is 3.17. The van der Waals surface area contributed by atoms with Gasteiger partial charge in [-0.1, -0.05) is 22.0 Å². The standard InChI is InChI=1S/C19H22BrN3O2/c1-22(2)16-5-3-4-14(12-16)19(24)21-17-13-15(20)6-7-18(17)23-8-10-25-11-9-23/h3-7,12-13H,8-11H2,1-2H3,(H,21,24). The van der Waals surface area contributed by atoms with Crippen LogP contribution in [0.5, 0.6) is 0 Å². The van der Waals surface area contributed by atoms with Gasteiger partial charge in [0.1, 0.15) is 0 Å². The Balaban J connectivity index is 1.85. The number of hydrogen-bond acceptors (Lipinski definition) is 4. The molecule has 1 aliphatic heterocycles. The fourth-order valence-electron chi connectivity index (χ4n) is 2.81. The minimum atomic E-state index is -0.115. The Morgan fingerprint density at radius 1 is 1.16 bits per heavy atom. The quantitative estimate of drug-likeness (QED) is 0.846. The van der Waals surface area contributed by atoms with E-state index >= 15 is 0 Å². The van der Waals surface area contributed by atoms with Crippen LogP contribution in [0.2, 0.25) is 0 Å². The van der Waals surface area contributed by atoms with E-state index in [1.165, 1.54) is 0 Å². The number of carbonyl (C=O) groups is 1. The SMILES string of the molecule is CN(C)c1cccc(C(=O)Nc2cc(Br)ccc2N2CCOCC2)c1. The maximum absolute atomic E-state index is 12.7. The molecule has 1 heterocycles. The van der Waals surface area contributed by atoms with E-state index in [2.05, 4.69) is 26.1 Å². The lowest BCUT2D eigenvalue weighted by Crippen LogP contribution is -2.36. The summed E-state index contributed by atoms with van der Waals surface area (Å²) >= 11 is 3.50. The molecule has 25 heavy (non-hydrogen) atoms. The molecule has 5 nitrogen and oxygen atoms in total. The van der Waals surface area contributed by atoms with Crippen molar-refractivity contribution in [3.05, 3.63) is 52.5 Å². The lowest BCUT2D eigenvalue weighted by molar-refractivity contribution is 0.102. The van der Waals surface area contributed by atoms with Gasteiger partial charge in [-0.15, -0.1) is 0 Å². The number of nitrogens with zero attached hydrogens (tertiary/aromatic N) is 2. The van der Waals surface area contributed by atoms with Gasteiger partial charge in [-0.05, 0) is 36.4 Å². The molecule has 1 N–H and O–H groups in total. The Hall–Kier alpha value is -2.05. The smallest absolute Gasteiger partial charge is 0.255 e. The van der Waals surface area contributed by atoms with Crippen molar-refractivity contribution in [1.82, 2.24) is 0 Å². The lowest BCUT2D eigenvalue weighted by atomic mass is 10.1. The zero-order valence-corrected chi connectivity index (χ0v) is 16.0. The summed E-state index contributed by atoms with van der Waals surface area (Å²) in [5, 5.41) is 3.06. The van der Waals surface area contributed by atoms with Crippen LogP contribution in [0, 0.1) is 0 Å². The van der Waals surface area contributed by atoms with Gasteiger partial charge in [0.05, 0.1) is 24.6 Å². The van der Waals surface area contributed by atoms with Crippen LogP contribution in [0.3, 0.4) is 0 Å². The van der Waals surface area contributed by atoms with Crippen LogP contribution in [0.25, 0.3) is 0 Å². The summed E-state index contributed by atoms with van der Waals surface area (Å²) in [6.45, 7) is 3.05. The minimum absolute atomic E-state index is 0.115. The molecule has 1 saturated heterocycles. The molecule has 2 aromatic carbocycles. The molecule has 0 bridgehead atoms. The van der Waals surface area contributed by atoms with Crippen molar-refractivity contribution in [2.45, 2.75) is 0 Å². The van der Waals surface area contributed by atoms with Crippen molar-refractivity contribution >= 4 is 38.9 Å². The Morgan fingerprint density at radius 2 is 1.92 bits per heavy atom. The Morgan fingerprint density at radius 3 is 2.64 bits per heavy atom. The number of morpholine rings is 1. The molecule has 0 atom stereocenters. The summed E-state index contributed by atoms with van der Waals surface area (Å²) in [4.78, 5) is 17.0. The largest absolute Gasteiger partial charge is 0.378 e. The van der Waals surface area contributed by atoms with E-state index in [9.17, 15) is 4.79 Å². The summed E-state index contributed by atoms with van der Waals surface area (Å²) in [6, 6.07) is 13.6. The molecule has 1 amide bonds. The second-order valence-electron chi connectivity index (χ2n) is 6.16. The highest BCUT2D eigenvalue weighted by Crippen LogP contribution is 2.30. The predicted molar refractivity (Wildman–Crippen MR) is 106 cm³/mol. The van der Waals surface area contributed by atoms with Crippen molar-refractivity contribution in [2.24, 2.45) is 0 Å². The molecule has 2 aromatic rings. The van der Waals surface area contributed by atoms with Crippen LogP contribution in [0.15, 0.2) is 46.9 Å². The van der Waals surface area contributed by atoms with Gasteiger partial charge in [0, 0.05) is 42.9 Å². The molecule has 1 aliphatic rings. The number of benzene rings is 2. The number of rotatable bonds is 4. The number of ether oxygens (including phenoxy) is 1. The molecular formula is C19H22BrN3O2. The lowest BCUT2D eigenvalue weighted by Gasteiger charge is -2.30. The van der Waals surface area contributed by atoms with E-state index in [1.807, 2.05) is 61.5 Å². The van der Waals surface area contributed by atoms with E-state index in [0.29, 0.717) is 18.8 Å². The molecule has 1 fully saturated rings. The van der Waals surface area contributed by atoms with Crippen LogP contribution in [0.4, 0.5) is 17.1 Å². The van der Waals surface area contributed by atoms with E-state index < -0.39 is 0 Å². The van der Waals surface area contributed by atoms with E-state index in [-0.39, 0.29) is 5.91 Å². The number of amides is 1. The molecule has 0 unspecified atom stereocenters. The summed E-state index contributed by atoms with van der Waals surface area (Å²) in [7, 11) is 3.92. The van der Waals surface area contributed by atoms with Gasteiger partial charge in [-0.3, -0.25) is 4.79 Å². The molecule has 0 spiro atoms. The van der Waals surface area contributed by atoms with Gasteiger partial charge in [0.25, 0.3) is 5.91 Å². The Labute approximate surface area is 156 Å². The van der Waals surface area contributed by atoms with Gasteiger partial charge in [0.2, 0.25) is 0 Å². The highest BCUT2D eigenvalue weighted by molar-refractivity contribution is 9.10. The van der Waals surface area contributed by atoms with Crippen molar-refractivity contribution < 1.29 is 9.53 Å². The first-order valence-corrected chi connectivity index (χ1v) is 9.05. The molecule has 3 rings (SSSR count). The van der Waals surface area contributed by atoms with Crippen LogP contribution in [-0.2, 0) is 4.74 Å². The van der Waals surface area contributed by atoms with Gasteiger partial charge in [0.15, 0.2) is 0 Å². The zero-order chi connectivity index (χ0) is 17.8. The number of halogens is 1. The average Bonchev–Trinajstić information content (AvgIpc) is 2.62. The van der Waals surface area contributed by atoms with E-state index in [4.69, 9.17) is 4.74 Å². The molecule has 0 saturated carbocycles. The van der Waals surface area contributed by atoms with E-state index in [0.717, 1.165) is 34.6 Å². The van der Waals surface area contributed by atoms with Gasteiger partial charge >= 0.3 is 0 Å².